The van der Waals surface area contributed by atoms with E-state index in [1.54, 1.807) is 29.8 Å². The van der Waals surface area contributed by atoms with Crippen molar-refractivity contribution in [2.75, 3.05) is 0 Å². The van der Waals surface area contributed by atoms with Crippen molar-refractivity contribution in [2.24, 2.45) is 7.05 Å². The number of nitrogens with zero attached hydrogens (tertiary/aromatic N) is 4. The van der Waals surface area contributed by atoms with Crippen LogP contribution in [0.15, 0.2) is 64.4 Å². The lowest BCUT2D eigenvalue weighted by atomic mass is 10.2. The van der Waals surface area contributed by atoms with E-state index in [-0.39, 0.29) is 17.7 Å². The second-order valence-corrected chi connectivity index (χ2v) is 5.61. The topological polar surface area (TPSA) is 69.8 Å². The van der Waals surface area contributed by atoms with Crippen molar-refractivity contribution in [2.45, 2.75) is 6.54 Å². The first-order valence-corrected chi connectivity index (χ1v) is 7.54. The number of rotatable bonds is 2. The van der Waals surface area contributed by atoms with Crippen LogP contribution in [0, 0.1) is 0 Å². The molecule has 0 atom stereocenters. The first-order chi connectivity index (χ1) is 11.6. The highest BCUT2D eigenvalue weighted by molar-refractivity contribution is 5.77. The Labute approximate surface area is 136 Å². The molecule has 118 valence electrons. The summed E-state index contributed by atoms with van der Waals surface area (Å²) >= 11 is 0. The molecule has 0 aliphatic carbocycles. The van der Waals surface area contributed by atoms with Crippen LogP contribution < -0.4 is 11.1 Å². The summed E-state index contributed by atoms with van der Waals surface area (Å²) in [4.78, 5) is 33.8. The van der Waals surface area contributed by atoms with Gasteiger partial charge in [-0.25, -0.2) is 9.97 Å². The van der Waals surface area contributed by atoms with E-state index in [1.807, 2.05) is 30.3 Å². The van der Waals surface area contributed by atoms with Crippen molar-refractivity contribution < 1.29 is 0 Å². The SMILES string of the molecule is Cn1c(=O)c(Cn2cnc3ccccc3c2=O)nc2ccccc21. The van der Waals surface area contributed by atoms with E-state index in [1.165, 1.54) is 10.9 Å². The quantitative estimate of drug-likeness (QED) is 0.564. The van der Waals surface area contributed by atoms with Gasteiger partial charge in [0.05, 0.1) is 34.8 Å². The molecule has 6 heteroatoms. The minimum Gasteiger partial charge on any atom is -0.308 e. The molecule has 0 N–H and O–H groups in total. The van der Waals surface area contributed by atoms with Crippen molar-refractivity contribution in [1.29, 1.82) is 0 Å². The van der Waals surface area contributed by atoms with Gasteiger partial charge < -0.3 is 4.57 Å². The summed E-state index contributed by atoms with van der Waals surface area (Å²) in [5, 5.41) is 0.526. The van der Waals surface area contributed by atoms with Crippen molar-refractivity contribution in [3.8, 4) is 0 Å². The van der Waals surface area contributed by atoms with E-state index < -0.39 is 0 Å². The zero-order valence-electron chi connectivity index (χ0n) is 13.0. The third-order valence-electron chi connectivity index (χ3n) is 4.10. The van der Waals surface area contributed by atoms with E-state index in [0.29, 0.717) is 16.6 Å². The molecule has 0 saturated carbocycles. The number of hydrogen-bond donors (Lipinski definition) is 0. The maximum atomic E-state index is 12.6. The molecule has 0 aliphatic heterocycles. The average Bonchev–Trinajstić information content (AvgIpc) is 2.62. The van der Waals surface area contributed by atoms with E-state index in [9.17, 15) is 9.59 Å². The Balaban J connectivity index is 1.88. The Kier molecular flexibility index (Phi) is 3.23. The van der Waals surface area contributed by atoms with Crippen LogP contribution in [-0.4, -0.2) is 19.1 Å². The summed E-state index contributed by atoms with van der Waals surface area (Å²) < 4.78 is 2.97. The Morgan fingerprint density at radius 3 is 2.46 bits per heavy atom. The van der Waals surface area contributed by atoms with Gasteiger partial charge >= 0.3 is 0 Å². The van der Waals surface area contributed by atoms with Gasteiger partial charge in [0, 0.05) is 7.05 Å². The van der Waals surface area contributed by atoms with Crippen LogP contribution in [0.4, 0.5) is 0 Å². The molecular formula is C18H14N4O2. The second-order valence-electron chi connectivity index (χ2n) is 5.61. The third-order valence-corrected chi connectivity index (χ3v) is 4.10. The normalized spacial score (nSPS) is 11.2. The molecule has 0 radical (unpaired) electrons. The van der Waals surface area contributed by atoms with E-state index >= 15 is 0 Å². The van der Waals surface area contributed by atoms with Gasteiger partial charge in [0.1, 0.15) is 5.69 Å². The molecule has 24 heavy (non-hydrogen) atoms. The molecule has 0 amide bonds. The van der Waals surface area contributed by atoms with Crippen LogP contribution in [0.3, 0.4) is 0 Å². The van der Waals surface area contributed by atoms with Gasteiger partial charge in [-0.15, -0.1) is 0 Å². The van der Waals surface area contributed by atoms with Gasteiger partial charge in [-0.1, -0.05) is 24.3 Å². The molecule has 0 fully saturated rings. The zero-order valence-corrected chi connectivity index (χ0v) is 13.0. The van der Waals surface area contributed by atoms with Crippen LogP contribution in [0.5, 0.6) is 0 Å². The molecule has 0 spiro atoms. The van der Waals surface area contributed by atoms with Gasteiger partial charge in [0.25, 0.3) is 11.1 Å². The highest BCUT2D eigenvalue weighted by Crippen LogP contribution is 2.09. The molecule has 2 aromatic carbocycles. The zero-order chi connectivity index (χ0) is 16.7. The molecule has 0 saturated heterocycles. The first kappa shape index (κ1) is 14.3. The summed E-state index contributed by atoms with van der Waals surface area (Å²) in [6, 6.07) is 14.6. The smallest absolute Gasteiger partial charge is 0.274 e. The lowest BCUT2D eigenvalue weighted by molar-refractivity contribution is 0.708. The molecule has 0 aliphatic rings. The van der Waals surface area contributed by atoms with E-state index in [0.717, 1.165) is 11.0 Å². The van der Waals surface area contributed by atoms with Gasteiger partial charge in [-0.05, 0) is 24.3 Å². The largest absolute Gasteiger partial charge is 0.308 e. The van der Waals surface area contributed by atoms with E-state index in [2.05, 4.69) is 9.97 Å². The number of fused-ring (bicyclic) bond motifs is 2. The molecule has 0 bridgehead atoms. The predicted molar refractivity (Wildman–Crippen MR) is 92.1 cm³/mol. The van der Waals surface area contributed by atoms with Crippen LogP contribution in [0.2, 0.25) is 0 Å². The standard InChI is InChI=1S/C18H14N4O2/c1-21-16-9-5-4-8-14(16)20-15(18(21)24)10-22-11-19-13-7-3-2-6-12(13)17(22)23/h2-9,11H,10H2,1H3. The number of aryl methyl sites for hydroxylation is 1. The monoisotopic (exact) mass is 318 g/mol. The summed E-state index contributed by atoms with van der Waals surface area (Å²) in [6.45, 7) is 0.0914. The Bertz CT molecular complexity index is 1190. The fourth-order valence-corrected chi connectivity index (χ4v) is 2.82. The Hall–Kier alpha value is -3.28. The van der Waals surface area contributed by atoms with Gasteiger partial charge in [-0.2, -0.15) is 0 Å². The first-order valence-electron chi connectivity index (χ1n) is 7.54. The summed E-state index contributed by atoms with van der Waals surface area (Å²) in [6.07, 6.45) is 1.46. The van der Waals surface area contributed by atoms with Crippen LogP contribution in [0.25, 0.3) is 21.9 Å². The third kappa shape index (κ3) is 2.20. The lowest BCUT2D eigenvalue weighted by Gasteiger charge is -2.09. The minimum atomic E-state index is -0.214. The molecule has 4 aromatic rings. The van der Waals surface area contributed by atoms with Crippen LogP contribution in [0.1, 0.15) is 5.69 Å². The fourth-order valence-electron chi connectivity index (χ4n) is 2.82. The maximum Gasteiger partial charge on any atom is 0.274 e. The predicted octanol–water partition coefficient (Wildman–Crippen LogP) is 1.69. The minimum absolute atomic E-state index is 0.0914. The molecular weight excluding hydrogens is 304 g/mol. The van der Waals surface area contributed by atoms with Crippen LogP contribution >= 0.6 is 0 Å². The number of para-hydroxylation sites is 3. The summed E-state index contributed by atoms with van der Waals surface area (Å²) in [5.74, 6) is 0. The average molecular weight is 318 g/mol. The number of hydrogen-bond acceptors (Lipinski definition) is 4. The van der Waals surface area contributed by atoms with Crippen LogP contribution in [-0.2, 0) is 13.6 Å². The van der Waals surface area contributed by atoms with Gasteiger partial charge in [0.2, 0.25) is 0 Å². The van der Waals surface area contributed by atoms with E-state index in [4.69, 9.17) is 0 Å². The highest BCUT2D eigenvalue weighted by atomic mass is 16.1. The maximum absolute atomic E-state index is 12.6. The molecule has 2 heterocycles. The van der Waals surface area contributed by atoms with Gasteiger partial charge in [0.15, 0.2) is 0 Å². The molecule has 0 unspecified atom stereocenters. The number of benzene rings is 2. The summed E-state index contributed by atoms with van der Waals surface area (Å²) in [5.41, 5.74) is 2.03. The van der Waals surface area contributed by atoms with Gasteiger partial charge in [-0.3, -0.25) is 14.2 Å². The fraction of sp³-hybridized carbons (Fsp3) is 0.111. The molecule has 6 nitrogen and oxygen atoms in total. The number of aromatic nitrogens is 4. The van der Waals surface area contributed by atoms with Crippen molar-refractivity contribution in [3.63, 3.8) is 0 Å². The molecule has 2 aromatic heterocycles. The van der Waals surface area contributed by atoms with Crippen molar-refractivity contribution in [3.05, 3.63) is 81.3 Å². The molecule has 4 rings (SSSR count). The Morgan fingerprint density at radius 2 is 1.62 bits per heavy atom. The highest BCUT2D eigenvalue weighted by Gasteiger charge is 2.11. The lowest BCUT2D eigenvalue weighted by Crippen LogP contribution is -2.29. The summed E-state index contributed by atoms with van der Waals surface area (Å²) in [7, 11) is 1.71. The second kappa shape index (κ2) is 5.42. The van der Waals surface area contributed by atoms with Crippen molar-refractivity contribution >= 4 is 21.9 Å². The van der Waals surface area contributed by atoms with Crippen molar-refractivity contribution in [1.82, 2.24) is 19.1 Å². The Morgan fingerprint density at radius 1 is 0.917 bits per heavy atom.